The second-order valence-electron chi connectivity index (χ2n) is 7.30. The third-order valence-corrected chi connectivity index (χ3v) is 4.50. The highest BCUT2D eigenvalue weighted by Gasteiger charge is 2.38. The van der Waals surface area contributed by atoms with Crippen LogP contribution in [0.25, 0.3) is 0 Å². The summed E-state index contributed by atoms with van der Waals surface area (Å²) in [5, 5.41) is 19.3. The number of aryl methyl sites for hydroxylation is 1. The zero-order valence-corrected chi connectivity index (χ0v) is 14.1. The molecule has 1 atom stereocenters. The van der Waals surface area contributed by atoms with E-state index in [1.807, 2.05) is 20.8 Å². The first-order valence-corrected chi connectivity index (χ1v) is 7.80. The largest absolute Gasteiger partial charge is 0.505 e. The first-order valence-electron chi connectivity index (χ1n) is 7.80. The zero-order chi connectivity index (χ0) is 17.4. The SMILES string of the molecule is Cc1ccc(CN2CCN(C(=O)O)C(C(C)(C)C)C2)c(O)c1F. The van der Waals surface area contributed by atoms with Crippen LogP contribution in [0.4, 0.5) is 9.18 Å². The number of rotatable bonds is 2. The number of phenols is 1. The number of phenolic OH excluding ortho intramolecular Hbond substituents is 1. The monoisotopic (exact) mass is 324 g/mol. The van der Waals surface area contributed by atoms with Gasteiger partial charge in [0.15, 0.2) is 11.6 Å². The number of nitrogens with zero attached hydrogens (tertiary/aromatic N) is 2. The van der Waals surface area contributed by atoms with Crippen molar-refractivity contribution in [2.45, 2.75) is 40.3 Å². The van der Waals surface area contributed by atoms with Crippen molar-refractivity contribution in [3.63, 3.8) is 0 Å². The van der Waals surface area contributed by atoms with Gasteiger partial charge in [0, 0.05) is 31.7 Å². The molecule has 6 heteroatoms. The lowest BCUT2D eigenvalue weighted by atomic mass is 9.84. The zero-order valence-electron chi connectivity index (χ0n) is 14.1. The number of benzene rings is 1. The number of carbonyl (C=O) groups is 1. The van der Waals surface area contributed by atoms with Crippen LogP contribution in [0.15, 0.2) is 12.1 Å². The molecule has 1 unspecified atom stereocenters. The third kappa shape index (κ3) is 3.75. The topological polar surface area (TPSA) is 64.0 Å². The summed E-state index contributed by atoms with van der Waals surface area (Å²) < 4.78 is 13.8. The van der Waals surface area contributed by atoms with E-state index in [-0.39, 0.29) is 17.2 Å². The van der Waals surface area contributed by atoms with Crippen molar-refractivity contribution in [3.05, 3.63) is 29.1 Å². The van der Waals surface area contributed by atoms with Gasteiger partial charge in [-0.2, -0.15) is 0 Å². The van der Waals surface area contributed by atoms with Crippen LogP contribution in [0.2, 0.25) is 0 Å². The van der Waals surface area contributed by atoms with E-state index in [4.69, 9.17) is 0 Å². The van der Waals surface area contributed by atoms with Gasteiger partial charge in [-0.3, -0.25) is 4.90 Å². The number of halogens is 1. The van der Waals surface area contributed by atoms with Crippen molar-refractivity contribution >= 4 is 6.09 Å². The molecule has 0 bridgehead atoms. The molecular formula is C17H25FN2O3. The number of amides is 1. The average molecular weight is 324 g/mol. The molecule has 2 rings (SSSR count). The van der Waals surface area contributed by atoms with Gasteiger partial charge >= 0.3 is 6.09 Å². The summed E-state index contributed by atoms with van der Waals surface area (Å²) in [6, 6.07) is 3.23. The fourth-order valence-electron chi connectivity index (χ4n) is 3.03. The van der Waals surface area contributed by atoms with Crippen LogP contribution in [0.1, 0.15) is 31.9 Å². The van der Waals surface area contributed by atoms with E-state index in [2.05, 4.69) is 4.90 Å². The molecule has 23 heavy (non-hydrogen) atoms. The van der Waals surface area contributed by atoms with Gasteiger partial charge in [0.2, 0.25) is 0 Å². The van der Waals surface area contributed by atoms with E-state index in [0.717, 1.165) is 0 Å². The maximum absolute atomic E-state index is 13.8. The summed E-state index contributed by atoms with van der Waals surface area (Å²) in [5.41, 5.74) is 0.747. The molecule has 0 saturated carbocycles. The number of hydrogen-bond acceptors (Lipinski definition) is 3. The van der Waals surface area contributed by atoms with Crippen LogP contribution in [-0.2, 0) is 6.54 Å². The Balaban J connectivity index is 2.17. The average Bonchev–Trinajstić information content (AvgIpc) is 2.47. The summed E-state index contributed by atoms with van der Waals surface area (Å²) in [6.07, 6.45) is -0.909. The molecule has 1 saturated heterocycles. The van der Waals surface area contributed by atoms with Crippen LogP contribution >= 0.6 is 0 Å². The van der Waals surface area contributed by atoms with E-state index < -0.39 is 11.9 Å². The van der Waals surface area contributed by atoms with Gasteiger partial charge in [0.1, 0.15) is 0 Å². The minimum atomic E-state index is -0.909. The molecule has 1 heterocycles. The molecule has 0 aliphatic carbocycles. The Labute approximate surface area is 136 Å². The predicted molar refractivity (Wildman–Crippen MR) is 86.1 cm³/mol. The lowest BCUT2D eigenvalue weighted by molar-refractivity contribution is 0.0187. The molecule has 128 valence electrons. The van der Waals surface area contributed by atoms with Crippen molar-refractivity contribution in [1.29, 1.82) is 0 Å². The van der Waals surface area contributed by atoms with Crippen LogP contribution < -0.4 is 0 Å². The Morgan fingerprint density at radius 2 is 2.00 bits per heavy atom. The van der Waals surface area contributed by atoms with Gasteiger partial charge in [0.25, 0.3) is 0 Å². The second-order valence-corrected chi connectivity index (χ2v) is 7.30. The van der Waals surface area contributed by atoms with Gasteiger partial charge in [0.05, 0.1) is 6.04 Å². The molecule has 0 aromatic heterocycles. The summed E-state index contributed by atoms with van der Waals surface area (Å²) >= 11 is 0. The Hall–Kier alpha value is -1.82. The van der Waals surface area contributed by atoms with E-state index in [1.165, 1.54) is 4.90 Å². The van der Waals surface area contributed by atoms with E-state index in [0.29, 0.717) is 37.3 Å². The van der Waals surface area contributed by atoms with Gasteiger partial charge in [-0.1, -0.05) is 32.9 Å². The fourth-order valence-corrected chi connectivity index (χ4v) is 3.03. The lowest BCUT2D eigenvalue weighted by Crippen LogP contribution is -2.59. The molecule has 0 spiro atoms. The van der Waals surface area contributed by atoms with E-state index in [1.54, 1.807) is 19.1 Å². The van der Waals surface area contributed by atoms with Crippen molar-refractivity contribution in [2.75, 3.05) is 19.6 Å². The highest BCUT2D eigenvalue weighted by atomic mass is 19.1. The van der Waals surface area contributed by atoms with Crippen LogP contribution in [0.3, 0.4) is 0 Å². The van der Waals surface area contributed by atoms with Crippen molar-refractivity contribution in [2.24, 2.45) is 5.41 Å². The fraction of sp³-hybridized carbons (Fsp3) is 0.588. The number of carboxylic acid groups (broad SMARTS) is 1. The molecule has 1 amide bonds. The Kier molecular flexibility index (Phi) is 4.84. The van der Waals surface area contributed by atoms with Crippen LogP contribution in [-0.4, -0.2) is 51.8 Å². The Bertz CT molecular complexity index is 598. The quantitative estimate of drug-likeness (QED) is 0.877. The lowest BCUT2D eigenvalue weighted by Gasteiger charge is -2.46. The van der Waals surface area contributed by atoms with Crippen LogP contribution in [0, 0.1) is 18.2 Å². The van der Waals surface area contributed by atoms with Gasteiger partial charge in [-0.15, -0.1) is 0 Å². The molecule has 0 radical (unpaired) electrons. The molecule has 1 aromatic rings. The molecular weight excluding hydrogens is 299 g/mol. The Morgan fingerprint density at radius 1 is 1.35 bits per heavy atom. The second kappa shape index (κ2) is 6.35. The van der Waals surface area contributed by atoms with Gasteiger partial charge in [-0.25, -0.2) is 9.18 Å². The molecule has 2 N–H and O–H groups in total. The third-order valence-electron chi connectivity index (χ3n) is 4.50. The standard InChI is InChI=1S/C17H25FN2O3/c1-11-5-6-12(15(21)14(11)18)9-19-7-8-20(16(22)23)13(10-19)17(2,3)4/h5-6,13,21H,7-10H2,1-4H3,(H,22,23). The highest BCUT2D eigenvalue weighted by molar-refractivity contribution is 5.65. The molecule has 1 aliphatic rings. The minimum Gasteiger partial charge on any atom is -0.505 e. The molecule has 1 aromatic carbocycles. The normalized spacial score (nSPS) is 19.9. The molecule has 1 aliphatic heterocycles. The van der Waals surface area contributed by atoms with Crippen molar-refractivity contribution in [1.82, 2.24) is 9.80 Å². The summed E-state index contributed by atoms with van der Waals surface area (Å²) in [5.74, 6) is -0.892. The minimum absolute atomic E-state index is 0.147. The maximum atomic E-state index is 13.8. The van der Waals surface area contributed by atoms with Gasteiger partial charge < -0.3 is 15.1 Å². The van der Waals surface area contributed by atoms with Crippen molar-refractivity contribution in [3.8, 4) is 5.75 Å². The first kappa shape index (κ1) is 17.5. The predicted octanol–water partition coefficient (Wildman–Crippen LogP) is 3.05. The summed E-state index contributed by atoms with van der Waals surface area (Å²) in [7, 11) is 0. The van der Waals surface area contributed by atoms with E-state index in [9.17, 15) is 19.4 Å². The number of hydrogen-bond donors (Lipinski definition) is 2. The van der Waals surface area contributed by atoms with Crippen LogP contribution in [0.5, 0.6) is 5.75 Å². The highest BCUT2D eigenvalue weighted by Crippen LogP contribution is 2.30. The van der Waals surface area contributed by atoms with Gasteiger partial charge in [-0.05, 0) is 17.9 Å². The number of aromatic hydroxyl groups is 1. The summed E-state index contributed by atoms with van der Waals surface area (Å²) in [4.78, 5) is 15.0. The smallest absolute Gasteiger partial charge is 0.407 e. The Morgan fingerprint density at radius 3 is 2.57 bits per heavy atom. The number of piperazine rings is 1. The van der Waals surface area contributed by atoms with E-state index >= 15 is 0 Å². The maximum Gasteiger partial charge on any atom is 0.407 e. The molecule has 5 nitrogen and oxygen atoms in total. The van der Waals surface area contributed by atoms with Crippen molar-refractivity contribution < 1.29 is 19.4 Å². The first-order chi connectivity index (χ1) is 10.6. The summed E-state index contributed by atoms with van der Waals surface area (Å²) in [6.45, 7) is 9.59. The molecule has 1 fully saturated rings.